The molecule has 15 heavy (non-hydrogen) atoms. The Morgan fingerprint density at radius 2 is 2.13 bits per heavy atom. The van der Waals surface area contributed by atoms with Crippen LogP contribution in [0.3, 0.4) is 0 Å². The van der Waals surface area contributed by atoms with Crippen molar-refractivity contribution in [2.45, 2.75) is 13.0 Å². The van der Waals surface area contributed by atoms with Gasteiger partial charge in [-0.25, -0.2) is 0 Å². The van der Waals surface area contributed by atoms with Crippen molar-refractivity contribution in [2.75, 3.05) is 19.6 Å². The summed E-state index contributed by atoms with van der Waals surface area (Å²) in [6.07, 6.45) is 0. The first-order chi connectivity index (χ1) is 7.27. The fourth-order valence-corrected chi connectivity index (χ4v) is 1.98. The maximum absolute atomic E-state index is 12.1. The Labute approximate surface area is 90.1 Å². The molecule has 0 aliphatic carbocycles. The summed E-state index contributed by atoms with van der Waals surface area (Å²) in [5, 5.41) is 2.29. The van der Waals surface area contributed by atoms with Gasteiger partial charge in [0, 0.05) is 5.56 Å². The molecule has 1 aliphatic heterocycles. The number of hydrogen-bond acceptors (Lipinski definition) is 1. The average molecular weight is 205 g/mol. The Balaban J connectivity index is 2.08. The minimum Gasteiger partial charge on any atom is -0.341 e. The van der Waals surface area contributed by atoms with Crippen LogP contribution in [0.4, 0.5) is 0 Å². The van der Waals surface area contributed by atoms with E-state index in [1.807, 2.05) is 35.2 Å². The Morgan fingerprint density at radius 1 is 1.40 bits per heavy atom. The van der Waals surface area contributed by atoms with Crippen molar-refractivity contribution < 1.29 is 10.1 Å². The first kappa shape index (κ1) is 10.2. The molecular weight excluding hydrogens is 188 g/mol. The van der Waals surface area contributed by atoms with E-state index in [4.69, 9.17) is 0 Å². The molecule has 1 amide bonds. The highest BCUT2D eigenvalue weighted by Crippen LogP contribution is 2.05. The molecule has 3 heteroatoms. The second-order valence-electron chi connectivity index (χ2n) is 4.12. The summed E-state index contributed by atoms with van der Waals surface area (Å²) in [5.41, 5.74) is 0.798. The topological polar surface area (TPSA) is 36.9 Å². The summed E-state index contributed by atoms with van der Waals surface area (Å²) in [6, 6.07) is 10.0. The SMILES string of the molecule is C[C@@H]1CN(C(=O)c2ccccc2)CC[NH2+]1. The third-order valence-corrected chi connectivity index (χ3v) is 2.78. The van der Waals surface area contributed by atoms with Gasteiger partial charge in [-0.05, 0) is 19.1 Å². The highest BCUT2D eigenvalue weighted by atomic mass is 16.2. The number of hydrogen-bond donors (Lipinski definition) is 1. The van der Waals surface area contributed by atoms with Crippen molar-refractivity contribution in [3.05, 3.63) is 35.9 Å². The highest BCUT2D eigenvalue weighted by Gasteiger charge is 2.23. The molecule has 2 N–H and O–H groups in total. The lowest BCUT2D eigenvalue weighted by Crippen LogP contribution is -2.94. The lowest BCUT2D eigenvalue weighted by Gasteiger charge is -2.29. The van der Waals surface area contributed by atoms with E-state index in [9.17, 15) is 4.79 Å². The van der Waals surface area contributed by atoms with Gasteiger partial charge < -0.3 is 10.2 Å². The first-order valence-corrected chi connectivity index (χ1v) is 5.45. The van der Waals surface area contributed by atoms with Crippen LogP contribution in [0.2, 0.25) is 0 Å². The molecule has 1 saturated heterocycles. The van der Waals surface area contributed by atoms with Crippen LogP contribution >= 0.6 is 0 Å². The first-order valence-electron chi connectivity index (χ1n) is 5.45. The van der Waals surface area contributed by atoms with E-state index in [2.05, 4.69) is 12.2 Å². The van der Waals surface area contributed by atoms with Crippen LogP contribution in [0.25, 0.3) is 0 Å². The Morgan fingerprint density at radius 3 is 2.80 bits per heavy atom. The molecule has 1 fully saturated rings. The summed E-state index contributed by atoms with van der Waals surface area (Å²) in [4.78, 5) is 14.0. The van der Waals surface area contributed by atoms with E-state index in [0.29, 0.717) is 6.04 Å². The molecule has 80 valence electrons. The highest BCUT2D eigenvalue weighted by molar-refractivity contribution is 5.94. The summed E-state index contributed by atoms with van der Waals surface area (Å²) in [7, 11) is 0. The number of piperazine rings is 1. The molecule has 0 radical (unpaired) electrons. The normalized spacial score (nSPS) is 21.4. The molecule has 1 aromatic rings. The van der Waals surface area contributed by atoms with Crippen LogP contribution in [0.15, 0.2) is 30.3 Å². The van der Waals surface area contributed by atoms with Crippen LogP contribution in [-0.2, 0) is 0 Å². The number of nitrogens with two attached hydrogens (primary N) is 1. The van der Waals surface area contributed by atoms with Crippen LogP contribution in [-0.4, -0.2) is 36.5 Å². The number of amides is 1. The minimum atomic E-state index is 0.163. The largest absolute Gasteiger partial charge is 0.341 e. The molecule has 1 aliphatic rings. The molecule has 0 aromatic heterocycles. The molecule has 0 spiro atoms. The standard InChI is InChI=1S/C12H16N2O/c1-10-9-14(8-7-13-10)12(15)11-5-3-2-4-6-11/h2-6,10,13H,7-9H2,1H3/p+1/t10-/m1/s1. The van der Waals surface area contributed by atoms with Gasteiger partial charge in [-0.2, -0.15) is 0 Å². The second kappa shape index (κ2) is 4.45. The minimum absolute atomic E-state index is 0.163. The molecule has 0 saturated carbocycles. The van der Waals surface area contributed by atoms with Gasteiger partial charge in [0.15, 0.2) is 0 Å². The Hall–Kier alpha value is -1.35. The van der Waals surface area contributed by atoms with Crippen LogP contribution < -0.4 is 5.32 Å². The van der Waals surface area contributed by atoms with Gasteiger partial charge >= 0.3 is 0 Å². The molecule has 1 heterocycles. The van der Waals surface area contributed by atoms with Gasteiger partial charge in [0.05, 0.1) is 19.6 Å². The van der Waals surface area contributed by atoms with Gasteiger partial charge in [-0.15, -0.1) is 0 Å². The van der Waals surface area contributed by atoms with Gasteiger partial charge in [-0.3, -0.25) is 4.79 Å². The molecular formula is C12H17N2O+. The lowest BCUT2D eigenvalue weighted by molar-refractivity contribution is -0.693. The zero-order valence-corrected chi connectivity index (χ0v) is 9.02. The van der Waals surface area contributed by atoms with E-state index < -0.39 is 0 Å². The smallest absolute Gasteiger partial charge is 0.254 e. The van der Waals surface area contributed by atoms with Gasteiger partial charge in [0.25, 0.3) is 5.91 Å². The van der Waals surface area contributed by atoms with E-state index in [1.54, 1.807) is 0 Å². The second-order valence-corrected chi connectivity index (χ2v) is 4.12. The van der Waals surface area contributed by atoms with Gasteiger partial charge in [0.1, 0.15) is 6.04 Å². The third kappa shape index (κ3) is 2.36. The monoisotopic (exact) mass is 205 g/mol. The molecule has 3 nitrogen and oxygen atoms in total. The Bertz CT molecular complexity index is 337. The van der Waals surface area contributed by atoms with Crippen LogP contribution in [0, 0.1) is 0 Å². The van der Waals surface area contributed by atoms with E-state index in [0.717, 1.165) is 25.2 Å². The van der Waals surface area contributed by atoms with Crippen molar-refractivity contribution in [1.82, 2.24) is 4.90 Å². The maximum Gasteiger partial charge on any atom is 0.254 e. The number of carbonyl (C=O) groups is 1. The molecule has 0 bridgehead atoms. The van der Waals surface area contributed by atoms with Crippen molar-refractivity contribution >= 4 is 5.91 Å². The number of quaternary nitrogens is 1. The number of carbonyl (C=O) groups excluding carboxylic acids is 1. The predicted octanol–water partition coefficient (Wildman–Crippen LogP) is 0.0943. The zero-order chi connectivity index (χ0) is 10.7. The zero-order valence-electron chi connectivity index (χ0n) is 9.02. The van der Waals surface area contributed by atoms with Crippen molar-refractivity contribution in [1.29, 1.82) is 0 Å². The molecule has 0 unspecified atom stereocenters. The summed E-state index contributed by atoms with van der Waals surface area (Å²) in [6.45, 7) is 4.88. The van der Waals surface area contributed by atoms with Crippen molar-refractivity contribution in [3.8, 4) is 0 Å². The third-order valence-electron chi connectivity index (χ3n) is 2.78. The van der Waals surface area contributed by atoms with Crippen molar-refractivity contribution in [2.24, 2.45) is 0 Å². The molecule has 2 rings (SSSR count). The van der Waals surface area contributed by atoms with E-state index in [-0.39, 0.29) is 5.91 Å². The fourth-order valence-electron chi connectivity index (χ4n) is 1.98. The molecule has 1 atom stereocenters. The summed E-state index contributed by atoms with van der Waals surface area (Å²) in [5.74, 6) is 0.163. The fraction of sp³-hybridized carbons (Fsp3) is 0.417. The predicted molar refractivity (Wildman–Crippen MR) is 58.6 cm³/mol. The van der Waals surface area contributed by atoms with Crippen LogP contribution in [0.1, 0.15) is 17.3 Å². The average Bonchev–Trinajstić information content (AvgIpc) is 2.29. The number of nitrogens with zero attached hydrogens (tertiary/aromatic N) is 1. The summed E-state index contributed by atoms with van der Waals surface area (Å²) >= 11 is 0. The van der Waals surface area contributed by atoms with Gasteiger partial charge in [-0.1, -0.05) is 18.2 Å². The van der Waals surface area contributed by atoms with Crippen LogP contribution in [0.5, 0.6) is 0 Å². The number of benzene rings is 1. The van der Waals surface area contributed by atoms with E-state index >= 15 is 0 Å². The molecule has 1 aromatic carbocycles. The maximum atomic E-state index is 12.1. The van der Waals surface area contributed by atoms with Gasteiger partial charge in [0.2, 0.25) is 0 Å². The van der Waals surface area contributed by atoms with E-state index in [1.165, 1.54) is 0 Å². The summed E-state index contributed by atoms with van der Waals surface area (Å²) < 4.78 is 0. The quantitative estimate of drug-likeness (QED) is 0.693. The van der Waals surface area contributed by atoms with Crippen molar-refractivity contribution in [3.63, 3.8) is 0 Å². The Kier molecular flexibility index (Phi) is 3.02. The number of rotatable bonds is 1. The lowest BCUT2D eigenvalue weighted by atomic mass is 10.1.